The Morgan fingerprint density at radius 3 is 3.09 bits per heavy atom. The summed E-state index contributed by atoms with van der Waals surface area (Å²) in [5, 5.41) is 13.8. The predicted octanol–water partition coefficient (Wildman–Crippen LogP) is 2.69. The summed E-state index contributed by atoms with van der Waals surface area (Å²) in [6.45, 7) is 4.25. The molecule has 1 heterocycles. The highest BCUT2D eigenvalue weighted by molar-refractivity contribution is 5.90. The molecule has 0 bridgehead atoms. The molecule has 4 nitrogen and oxygen atoms in total. The van der Waals surface area contributed by atoms with Gasteiger partial charge in [-0.2, -0.15) is 0 Å². The molecule has 1 aliphatic rings. The van der Waals surface area contributed by atoms with Gasteiger partial charge in [0.15, 0.2) is 0 Å². The van der Waals surface area contributed by atoms with E-state index in [2.05, 4.69) is 36.3 Å². The Balaban J connectivity index is 1.73. The fourth-order valence-electron chi connectivity index (χ4n) is 3.60. The van der Waals surface area contributed by atoms with Gasteiger partial charge < -0.3 is 15.4 Å². The summed E-state index contributed by atoms with van der Waals surface area (Å²) in [6.07, 6.45) is 5.30. The highest BCUT2D eigenvalue weighted by atomic mass is 16.3. The number of aliphatic hydroxyl groups is 1. The molecule has 0 radical (unpaired) electrons. The number of carbonyl (C=O) groups excluding carboxylic acids is 1. The van der Waals surface area contributed by atoms with Crippen LogP contribution in [0, 0.1) is 12.3 Å². The number of aliphatic hydroxyl groups excluding tert-OH is 1. The minimum Gasteiger partial charge on any atom is -0.396 e. The van der Waals surface area contributed by atoms with Crippen LogP contribution in [-0.2, 0) is 11.2 Å². The van der Waals surface area contributed by atoms with Crippen LogP contribution < -0.4 is 5.32 Å². The SMILES string of the molecule is Cc1cccc2c(CC(=O)NC3CCCC3(C)CO)c[nH]c12. The Kier molecular flexibility index (Phi) is 3.96. The van der Waals surface area contributed by atoms with Gasteiger partial charge in [-0.05, 0) is 30.9 Å². The molecule has 1 aliphatic carbocycles. The largest absolute Gasteiger partial charge is 0.396 e. The van der Waals surface area contributed by atoms with E-state index in [4.69, 9.17) is 0 Å². The Labute approximate surface area is 130 Å². The molecule has 118 valence electrons. The second kappa shape index (κ2) is 5.76. The van der Waals surface area contributed by atoms with Gasteiger partial charge in [0.2, 0.25) is 5.91 Å². The minimum atomic E-state index is -0.174. The maximum absolute atomic E-state index is 12.4. The van der Waals surface area contributed by atoms with Crippen molar-refractivity contribution in [3.63, 3.8) is 0 Å². The van der Waals surface area contributed by atoms with Crippen molar-refractivity contribution in [2.75, 3.05) is 6.61 Å². The summed E-state index contributed by atoms with van der Waals surface area (Å²) in [5.74, 6) is 0.0361. The first-order valence-electron chi connectivity index (χ1n) is 7.99. The van der Waals surface area contributed by atoms with Crippen LogP contribution in [0.4, 0.5) is 0 Å². The van der Waals surface area contributed by atoms with Crippen LogP contribution in [0.3, 0.4) is 0 Å². The average molecular weight is 300 g/mol. The van der Waals surface area contributed by atoms with E-state index in [0.717, 1.165) is 35.7 Å². The lowest BCUT2D eigenvalue weighted by Gasteiger charge is -2.30. The number of H-pyrrole nitrogens is 1. The van der Waals surface area contributed by atoms with Gasteiger partial charge in [0.05, 0.1) is 13.0 Å². The zero-order valence-corrected chi connectivity index (χ0v) is 13.3. The van der Waals surface area contributed by atoms with Crippen molar-refractivity contribution in [1.82, 2.24) is 10.3 Å². The molecule has 1 saturated carbocycles. The number of hydrogen-bond donors (Lipinski definition) is 3. The molecule has 2 atom stereocenters. The van der Waals surface area contributed by atoms with Gasteiger partial charge in [0.1, 0.15) is 0 Å². The monoisotopic (exact) mass is 300 g/mol. The normalized spacial score (nSPS) is 24.8. The van der Waals surface area contributed by atoms with E-state index < -0.39 is 0 Å². The van der Waals surface area contributed by atoms with Gasteiger partial charge in [-0.25, -0.2) is 0 Å². The predicted molar refractivity (Wildman–Crippen MR) is 87.7 cm³/mol. The number of rotatable bonds is 4. The summed E-state index contributed by atoms with van der Waals surface area (Å²) >= 11 is 0. The molecule has 4 heteroatoms. The van der Waals surface area contributed by atoms with Crippen molar-refractivity contribution in [2.45, 2.75) is 45.6 Å². The second-order valence-corrected chi connectivity index (χ2v) is 6.81. The molecule has 3 rings (SSSR count). The van der Waals surface area contributed by atoms with Crippen molar-refractivity contribution < 1.29 is 9.90 Å². The van der Waals surface area contributed by atoms with Crippen LogP contribution in [-0.4, -0.2) is 28.6 Å². The van der Waals surface area contributed by atoms with Gasteiger partial charge in [0.25, 0.3) is 0 Å². The number of aromatic nitrogens is 1. The number of hydrogen-bond acceptors (Lipinski definition) is 2. The number of para-hydroxylation sites is 1. The fourth-order valence-corrected chi connectivity index (χ4v) is 3.60. The molecule has 1 aromatic heterocycles. The molecule has 0 spiro atoms. The van der Waals surface area contributed by atoms with Gasteiger partial charge in [-0.15, -0.1) is 0 Å². The van der Waals surface area contributed by atoms with E-state index in [1.165, 1.54) is 5.56 Å². The molecule has 2 unspecified atom stereocenters. The van der Waals surface area contributed by atoms with Crippen LogP contribution in [0.1, 0.15) is 37.3 Å². The lowest BCUT2D eigenvalue weighted by atomic mass is 9.85. The van der Waals surface area contributed by atoms with Crippen LogP contribution >= 0.6 is 0 Å². The summed E-state index contributed by atoms with van der Waals surface area (Å²) in [6, 6.07) is 6.21. The third kappa shape index (κ3) is 2.63. The van der Waals surface area contributed by atoms with Crippen molar-refractivity contribution in [2.24, 2.45) is 5.41 Å². The zero-order chi connectivity index (χ0) is 15.7. The zero-order valence-electron chi connectivity index (χ0n) is 13.3. The maximum atomic E-state index is 12.4. The summed E-state index contributed by atoms with van der Waals surface area (Å²) in [7, 11) is 0. The van der Waals surface area contributed by atoms with Crippen LogP contribution in [0.2, 0.25) is 0 Å². The van der Waals surface area contributed by atoms with Crippen molar-refractivity contribution in [3.8, 4) is 0 Å². The lowest BCUT2D eigenvalue weighted by Crippen LogP contribution is -2.45. The quantitative estimate of drug-likeness (QED) is 0.813. The fraction of sp³-hybridized carbons (Fsp3) is 0.500. The van der Waals surface area contributed by atoms with Gasteiger partial charge in [-0.3, -0.25) is 4.79 Å². The molecule has 1 amide bonds. The molecule has 3 N–H and O–H groups in total. The molecular formula is C18H24N2O2. The number of nitrogens with one attached hydrogen (secondary N) is 2. The van der Waals surface area contributed by atoms with E-state index in [1.807, 2.05) is 12.3 Å². The number of benzene rings is 1. The van der Waals surface area contributed by atoms with Crippen LogP contribution in [0.15, 0.2) is 24.4 Å². The highest BCUT2D eigenvalue weighted by Crippen LogP contribution is 2.37. The Morgan fingerprint density at radius 1 is 1.50 bits per heavy atom. The molecule has 2 aromatic rings. The molecule has 22 heavy (non-hydrogen) atoms. The van der Waals surface area contributed by atoms with E-state index in [0.29, 0.717) is 6.42 Å². The second-order valence-electron chi connectivity index (χ2n) is 6.81. The average Bonchev–Trinajstić information content (AvgIpc) is 3.06. The summed E-state index contributed by atoms with van der Waals surface area (Å²) in [5.41, 5.74) is 3.14. The van der Waals surface area contributed by atoms with E-state index >= 15 is 0 Å². The first kappa shape index (κ1) is 15.1. The van der Waals surface area contributed by atoms with Crippen LogP contribution in [0.25, 0.3) is 10.9 Å². The third-order valence-electron chi connectivity index (χ3n) is 5.14. The van der Waals surface area contributed by atoms with E-state index in [9.17, 15) is 9.90 Å². The Hall–Kier alpha value is -1.81. The van der Waals surface area contributed by atoms with E-state index in [1.54, 1.807) is 0 Å². The van der Waals surface area contributed by atoms with Gasteiger partial charge in [-0.1, -0.05) is 31.5 Å². The van der Waals surface area contributed by atoms with Crippen LogP contribution in [0.5, 0.6) is 0 Å². The molecular weight excluding hydrogens is 276 g/mol. The number of aromatic amines is 1. The molecule has 0 saturated heterocycles. The van der Waals surface area contributed by atoms with Crippen molar-refractivity contribution in [1.29, 1.82) is 0 Å². The minimum absolute atomic E-state index is 0.0361. The number of fused-ring (bicyclic) bond motifs is 1. The molecule has 0 aliphatic heterocycles. The maximum Gasteiger partial charge on any atom is 0.224 e. The number of carbonyl (C=O) groups is 1. The Morgan fingerprint density at radius 2 is 2.32 bits per heavy atom. The molecule has 1 aromatic carbocycles. The highest BCUT2D eigenvalue weighted by Gasteiger charge is 2.39. The summed E-state index contributed by atoms with van der Waals surface area (Å²) in [4.78, 5) is 15.7. The third-order valence-corrected chi connectivity index (χ3v) is 5.14. The van der Waals surface area contributed by atoms with Gasteiger partial charge in [0, 0.05) is 28.6 Å². The first-order valence-corrected chi connectivity index (χ1v) is 7.99. The summed E-state index contributed by atoms with van der Waals surface area (Å²) < 4.78 is 0. The molecule has 1 fully saturated rings. The first-order chi connectivity index (χ1) is 10.5. The number of amides is 1. The topological polar surface area (TPSA) is 65.1 Å². The van der Waals surface area contributed by atoms with Crippen molar-refractivity contribution >= 4 is 16.8 Å². The smallest absolute Gasteiger partial charge is 0.224 e. The standard InChI is InChI=1S/C18H24N2O2/c1-12-5-3-6-14-13(10-19-17(12)14)9-16(22)20-15-7-4-8-18(15,2)11-21/h3,5-6,10,15,19,21H,4,7-9,11H2,1-2H3,(H,20,22). The van der Waals surface area contributed by atoms with Gasteiger partial charge >= 0.3 is 0 Å². The Bertz CT molecular complexity index is 691. The van der Waals surface area contributed by atoms with E-state index in [-0.39, 0.29) is 24.0 Å². The number of aryl methyl sites for hydroxylation is 1. The van der Waals surface area contributed by atoms with Crippen molar-refractivity contribution in [3.05, 3.63) is 35.5 Å². The lowest BCUT2D eigenvalue weighted by molar-refractivity contribution is -0.122.